The Balaban J connectivity index is 1.64. The quantitative estimate of drug-likeness (QED) is 0.822. The molecule has 0 radical (unpaired) electrons. The van der Waals surface area contributed by atoms with Crippen LogP contribution in [-0.4, -0.2) is 10.9 Å². The van der Waals surface area contributed by atoms with Crippen molar-refractivity contribution in [3.8, 4) is 0 Å². The summed E-state index contributed by atoms with van der Waals surface area (Å²) in [6.07, 6.45) is 2.99. The van der Waals surface area contributed by atoms with Crippen LogP contribution in [0.15, 0.2) is 36.4 Å². The summed E-state index contributed by atoms with van der Waals surface area (Å²) in [5, 5.41) is 3.76. The molecule has 1 N–H and O–H groups in total. The van der Waals surface area contributed by atoms with Gasteiger partial charge in [0, 0.05) is 0 Å². The molecular weight excluding hydrogens is 292 g/mol. The number of nitrogens with one attached hydrogen (secondary N) is 1. The summed E-state index contributed by atoms with van der Waals surface area (Å²) in [5.74, 6) is 0.672. The first-order valence-corrected chi connectivity index (χ1v) is 8.62. The predicted octanol–water partition coefficient (Wildman–Crippen LogP) is 4.62. The van der Waals surface area contributed by atoms with Crippen LogP contribution in [-0.2, 0) is 4.79 Å². The highest BCUT2D eigenvalue weighted by Crippen LogP contribution is 2.65. The van der Waals surface area contributed by atoms with Crippen LogP contribution >= 0.6 is 11.3 Å². The van der Waals surface area contributed by atoms with Crippen LogP contribution in [0.25, 0.3) is 10.2 Å². The second kappa shape index (κ2) is 4.42. The Morgan fingerprint density at radius 1 is 1.41 bits per heavy atom. The van der Waals surface area contributed by atoms with Gasteiger partial charge in [0.15, 0.2) is 5.13 Å². The summed E-state index contributed by atoms with van der Waals surface area (Å²) in [6, 6.07) is 7.97. The molecule has 2 fully saturated rings. The maximum absolute atomic E-state index is 13.0. The van der Waals surface area contributed by atoms with Gasteiger partial charge in [0.2, 0.25) is 5.91 Å². The number of carbonyl (C=O) groups excluding carboxylic acids is 1. The van der Waals surface area contributed by atoms with Gasteiger partial charge in [-0.1, -0.05) is 49.5 Å². The van der Waals surface area contributed by atoms with Crippen molar-refractivity contribution in [3.63, 3.8) is 0 Å². The van der Waals surface area contributed by atoms with Crippen molar-refractivity contribution in [2.75, 3.05) is 5.32 Å². The van der Waals surface area contributed by atoms with Gasteiger partial charge < -0.3 is 5.32 Å². The largest absolute Gasteiger partial charge is 0.301 e. The molecule has 1 aromatic heterocycles. The predicted molar refractivity (Wildman–Crippen MR) is 90.9 cm³/mol. The van der Waals surface area contributed by atoms with Crippen molar-refractivity contribution in [2.24, 2.45) is 16.7 Å². The van der Waals surface area contributed by atoms with Crippen LogP contribution in [0.5, 0.6) is 0 Å². The number of aromatic nitrogens is 1. The maximum atomic E-state index is 13.0. The average Bonchev–Trinajstić information content (AvgIpc) is 3.14. The second-order valence-corrected chi connectivity index (χ2v) is 8.19. The molecule has 0 aliphatic heterocycles. The highest BCUT2D eigenvalue weighted by molar-refractivity contribution is 7.22. The lowest BCUT2D eigenvalue weighted by atomic mass is 9.68. The van der Waals surface area contributed by atoms with E-state index < -0.39 is 0 Å². The smallest absolute Gasteiger partial charge is 0.236 e. The lowest BCUT2D eigenvalue weighted by Gasteiger charge is -2.36. The molecule has 0 saturated heterocycles. The molecule has 1 amide bonds. The highest BCUT2D eigenvalue weighted by Gasteiger charge is 2.60. The van der Waals surface area contributed by atoms with E-state index in [2.05, 4.69) is 30.7 Å². The molecule has 1 aromatic carbocycles. The maximum Gasteiger partial charge on any atom is 0.236 e. The van der Waals surface area contributed by atoms with E-state index in [-0.39, 0.29) is 16.7 Å². The van der Waals surface area contributed by atoms with E-state index in [4.69, 9.17) is 0 Å². The molecule has 4 rings (SSSR count). The summed E-state index contributed by atoms with van der Waals surface area (Å²) >= 11 is 1.54. The first-order chi connectivity index (χ1) is 10.4. The van der Waals surface area contributed by atoms with Crippen molar-refractivity contribution >= 4 is 32.6 Å². The van der Waals surface area contributed by atoms with Gasteiger partial charge in [0.05, 0.1) is 15.6 Å². The highest BCUT2D eigenvalue weighted by atomic mass is 32.1. The van der Waals surface area contributed by atoms with E-state index >= 15 is 0 Å². The zero-order chi connectivity index (χ0) is 15.5. The van der Waals surface area contributed by atoms with Crippen molar-refractivity contribution in [2.45, 2.75) is 33.1 Å². The summed E-state index contributed by atoms with van der Waals surface area (Å²) in [6.45, 7) is 8.75. The Morgan fingerprint density at radius 3 is 2.86 bits per heavy atom. The molecule has 3 nitrogen and oxygen atoms in total. The molecule has 0 spiro atoms. The lowest BCUT2D eigenvalue weighted by Crippen LogP contribution is -2.37. The van der Waals surface area contributed by atoms with Gasteiger partial charge >= 0.3 is 0 Å². The van der Waals surface area contributed by atoms with Gasteiger partial charge in [-0.2, -0.15) is 0 Å². The second-order valence-electron chi connectivity index (χ2n) is 7.16. The SMILES string of the molecule is C=C1C2(C(=O)Nc3nc4ccccc4s3)CCC(C2)C1(C)C. The molecular formula is C18H20N2OS. The normalized spacial score (nSPS) is 29.2. The number of fused-ring (bicyclic) bond motifs is 3. The molecule has 2 bridgehead atoms. The summed E-state index contributed by atoms with van der Waals surface area (Å²) in [7, 11) is 0. The van der Waals surface area contributed by atoms with Crippen LogP contribution < -0.4 is 5.32 Å². The average molecular weight is 312 g/mol. The van der Waals surface area contributed by atoms with E-state index in [1.165, 1.54) is 11.3 Å². The van der Waals surface area contributed by atoms with Crippen molar-refractivity contribution in [1.82, 2.24) is 4.98 Å². The third-order valence-electron chi connectivity index (χ3n) is 5.84. The van der Waals surface area contributed by atoms with Crippen molar-refractivity contribution in [1.29, 1.82) is 0 Å². The van der Waals surface area contributed by atoms with Crippen LogP contribution in [0, 0.1) is 16.7 Å². The monoisotopic (exact) mass is 312 g/mol. The van der Waals surface area contributed by atoms with Crippen molar-refractivity contribution in [3.05, 3.63) is 36.4 Å². The molecule has 22 heavy (non-hydrogen) atoms. The van der Waals surface area contributed by atoms with Crippen LogP contribution in [0.1, 0.15) is 33.1 Å². The number of anilines is 1. The standard InChI is InChI=1S/C18H20N2OS/c1-11-17(2,3)12-8-9-18(11,10-12)15(21)20-16-19-13-6-4-5-7-14(13)22-16/h4-7,12H,1,8-10H2,2-3H3,(H,19,20,21). The Hall–Kier alpha value is -1.68. The summed E-state index contributed by atoms with van der Waals surface area (Å²) < 4.78 is 1.10. The minimum Gasteiger partial charge on any atom is -0.301 e. The van der Waals surface area contributed by atoms with E-state index in [0.29, 0.717) is 11.0 Å². The number of benzene rings is 1. The molecule has 4 heteroatoms. The van der Waals surface area contributed by atoms with E-state index in [9.17, 15) is 4.79 Å². The Labute approximate surface area is 134 Å². The molecule has 2 saturated carbocycles. The number of amides is 1. The number of thiazole rings is 1. The van der Waals surface area contributed by atoms with Gasteiger partial charge in [-0.05, 0) is 42.7 Å². The number of hydrogen-bond donors (Lipinski definition) is 1. The van der Waals surface area contributed by atoms with E-state index in [1.54, 1.807) is 0 Å². The van der Waals surface area contributed by atoms with Gasteiger partial charge in [0.25, 0.3) is 0 Å². The first kappa shape index (κ1) is 13.9. The number of hydrogen-bond acceptors (Lipinski definition) is 3. The lowest BCUT2D eigenvalue weighted by molar-refractivity contribution is -0.123. The van der Waals surface area contributed by atoms with E-state index in [1.807, 2.05) is 24.3 Å². The molecule has 2 atom stereocenters. The molecule has 2 aliphatic rings. The van der Waals surface area contributed by atoms with Crippen LogP contribution in [0.2, 0.25) is 0 Å². The molecule has 2 unspecified atom stereocenters. The minimum atomic E-state index is -0.383. The fraction of sp³-hybridized carbons (Fsp3) is 0.444. The molecule has 1 heterocycles. The fourth-order valence-electron chi connectivity index (χ4n) is 4.28. The third-order valence-corrected chi connectivity index (χ3v) is 6.79. The van der Waals surface area contributed by atoms with Gasteiger partial charge in [-0.3, -0.25) is 4.79 Å². The van der Waals surface area contributed by atoms with Gasteiger partial charge in [-0.15, -0.1) is 0 Å². The molecule has 2 aromatic rings. The van der Waals surface area contributed by atoms with Gasteiger partial charge in [-0.25, -0.2) is 4.98 Å². The number of nitrogens with zero attached hydrogens (tertiary/aromatic N) is 1. The topological polar surface area (TPSA) is 42.0 Å². The minimum absolute atomic E-state index is 0.0726. The van der Waals surface area contributed by atoms with Crippen molar-refractivity contribution < 1.29 is 4.79 Å². The number of carbonyl (C=O) groups is 1. The Bertz CT molecular complexity index is 758. The zero-order valence-corrected chi connectivity index (χ0v) is 13.8. The van der Waals surface area contributed by atoms with Gasteiger partial charge in [0.1, 0.15) is 0 Å². The fourth-order valence-corrected chi connectivity index (χ4v) is 5.15. The number of rotatable bonds is 2. The van der Waals surface area contributed by atoms with Crippen LogP contribution in [0.3, 0.4) is 0 Å². The summed E-state index contributed by atoms with van der Waals surface area (Å²) in [4.78, 5) is 17.5. The Morgan fingerprint density at radius 2 is 2.18 bits per heavy atom. The summed E-state index contributed by atoms with van der Waals surface area (Å²) in [5.41, 5.74) is 1.74. The van der Waals surface area contributed by atoms with Crippen LogP contribution in [0.4, 0.5) is 5.13 Å². The Kier molecular flexibility index (Phi) is 2.80. The van der Waals surface area contributed by atoms with E-state index in [0.717, 1.165) is 35.1 Å². The molecule has 2 aliphatic carbocycles. The molecule has 114 valence electrons. The number of para-hydroxylation sites is 1. The first-order valence-electron chi connectivity index (χ1n) is 7.80. The zero-order valence-electron chi connectivity index (χ0n) is 13.0. The third kappa shape index (κ3) is 1.73.